The van der Waals surface area contributed by atoms with Crippen LogP contribution in [0.5, 0.6) is 5.75 Å². The predicted molar refractivity (Wildman–Crippen MR) is 96.1 cm³/mol. The summed E-state index contributed by atoms with van der Waals surface area (Å²) < 4.78 is 7.69. The number of benzene rings is 1. The maximum Gasteiger partial charge on any atom is 0.266 e. The third kappa shape index (κ3) is 3.22. The Morgan fingerprint density at radius 1 is 1.28 bits per heavy atom. The Hall–Kier alpha value is -2.83. The molecule has 1 amide bonds. The number of anilines is 1. The lowest BCUT2D eigenvalue weighted by Gasteiger charge is -2.18. The van der Waals surface area contributed by atoms with Crippen molar-refractivity contribution in [3.05, 3.63) is 40.7 Å². The molecule has 0 radical (unpaired) electrons. The van der Waals surface area contributed by atoms with Crippen molar-refractivity contribution in [3.63, 3.8) is 0 Å². The largest absolute Gasteiger partial charge is 0.480 e. The van der Waals surface area contributed by atoms with Gasteiger partial charge in [0.2, 0.25) is 0 Å². The molecule has 0 saturated carbocycles. The highest BCUT2D eigenvalue weighted by Crippen LogP contribution is 2.22. The number of nitrogens with zero attached hydrogens (tertiary/aromatic N) is 3. The van der Waals surface area contributed by atoms with Crippen LogP contribution in [0.3, 0.4) is 0 Å². The van der Waals surface area contributed by atoms with Gasteiger partial charge in [0.25, 0.3) is 5.91 Å². The van der Waals surface area contributed by atoms with Crippen molar-refractivity contribution in [1.82, 2.24) is 19.8 Å². The summed E-state index contributed by atoms with van der Waals surface area (Å²) in [5.41, 5.74) is 3.73. The molecule has 0 aliphatic carbocycles. The number of rotatable bonds is 5. The summed E-state index contributed by atoms with van der Waals surface area (Å²) in [6.07, 6.45) is -0.00738. The monoisotopic (exact) mass is 341 g/mol. The highest BCUT2D eigenvalue weighted by Gasteiger charge is 2.22. The van der Waals surface area contributed by atoms with Gasteiger partial charge in [0.05, 0.1) is 0 Å². The second-order valence-corrected chi connectivity index (χ2v) is 6.29. The van der Waals surface area contributed by atoms with Gasteiger partial charge in [-0.25, -0.2) is 4.52 Å². The molecule has 7 nitrogen and oxygen atoms in total. The Kier molecular flexibility index (Phi) is 4.48. The van der Waals surface area contributed by atoms with Crippen molar-refractivity contribution in [2.75, 3.05) is 5.32 Å². The fourth-order valence-corrected chi connectivity index (χ4v) is 2.78. The van der Waals surface area contributed by atoms with Gasteiger partial charge in [-0.15, -0.1) is 10.2 Å². The van der Waals surface area contributed by atoms with E-state index in [0.717, 1.165) is 28.3 Å². The van der Waals surface area contributed by atoms with Crippen molar-refractivity contribution >= 4 is 17.4 Å². The molecule has 3 aromatic rings. The molecule has 132 valence electrons. The third-order valence-corrected chi connectivity index (χ3v) is 4.27. The van der Waals surface area contributed by atoms with Crippen LogP contribution in [-0.2, 0) is 4.79 Å². The summed E-state index contributed by atoms with van der Waals surface area (Å²) >= 11 is 0. The lowest BCUT2D eigenvalue weighted by Crippen LogP contribution is -2.33. The molecule has 0 aliphatic heterocycles. The molecule has 0 bridgehead atoms. The van der Waals surface area contributed by atoms with E-state index in [1.54, 1.807) is 4.52 Å². The molecule has 2 N–H and O–H groups in total. The minimum Gasteiger partial charge on any atom is -0.480 e. The Balaban J connectivity index is 1.78. The molecule has 3 rings (SSSR count). The van der Waals surface area contributed by atoms with Crippen LogP contribution >= 0.6 is 0 Å². The number of ether oxygens (including phenoxy) is 1. The average Bonchev–Trinajstić information content (AvgIpc) is 3.08. The number of hydrogen-bond acceptors (Lipinski definition) is 4. The molecular formula is C18H23N5O2. The minimum absolute atomic E-state index is 0.194. The van der Waals surface area contributed by atoms with Crippen molar-refractivity contribution in [3.8, 4) is 5.75 Å². The van der Waals surface area contributed by atoms with Crippen molar-refractivity contribution in [2.24, 2.45) is 0 Å². The molecule has 0 saturated heterocycles. The molecule has 25 heavy (non-hydrogen) atoms. The Morgan fingerprint density at radius 2 is 2.04 bits per heavy atom. The second-order valence-electron chi connectivity index (χ2n) is 6.29. The maximum atomic E-state index is 12.7. The molecular weight excluding hydrogens is 318 g/mol. The maximum absolute atomic E-state index is 12.7. The van der Waals surface area contributed by atoms with Crippen LogP contribution in [0, 0.1) is 27.7 Å². The Bertz CT molecular complexity index is 925. The minimum atomic E-state index is -0.573. The van der Waals surface area contributed by atoms with E-state index in [1.165, 1.54) is 0 Å². The van der Waals surface area contributed by atoms with Gasteiger partial charge in [0, 0.05) is 5.56 Å². The van der Waals surface area contributed by atoms with E-state index in [4.69, 9.17) is 4.74 Å². The number of nitrogens with one attached hydrogen (secondary N) is 2. The van der Waals surface area contributed by atoms with E-state index in [0.29, 0.717) is 17.9 Å². The molecule has 7 heteroatoms. The zero-order valence-corrected chi connectivity index (χ0v) is 15.2. The molecule has 0 spiro atoms. The first-order chi connectivity index (χ1) is 11.9. The van der Waals surface area contributed by atoms with Crippen molar-refractivity contribution < 1.29 is 9.53 Å². The van der Waals surface area contributed by atoms with E-state index in [9.17, 15) is 4.79 Å². The van der Waals surface area contributed by atoms with Gasteiger partial charge in [0.15, 0.2) is 11.8 Å². The SMILES string of the molecule is CCC(Oc1ccc(C)cc1C)C(=O)Nc1[nH]n2c(C)nnc2c1C. The highest BCUT2D eigenvalue weighted by molar-refractivity contribution is 5.94. The zero-order valence-electron chi connectivity index (χ0n) is 15.2. The lowest BCUT2D eigenvalue weighted by atomic mass is 10.1. The van der Waals surface area contributed by atoms with Crippen molar-refractivity contribution in [1.29, 1.82) is 0 Å². The standard InChI is InChI=1S/C18H23N5O2/c1-6-14(25-15-8-7-10(2)9-11(15)3)18(24)19-16-12(4)17-21-20-13(5)23(17)22-16/h7-9,14,22H,6H2,1-5H3,(H,19,24). The zero-order chi connectivity index (χ0) is 18.1. The van der Waals surface area contributed by atoms with Crippen LogP contribution in [0.25, 0.3) is 5.65 Å². The fraction of sp³-hybridized carbons (Fsp3) is 0.389. The number of aromatic amines is 1. The number of hydrogen-bond donors (Lipinski definition) is 2. The quantitative estimate of drug-likeness (QED) is 0.747. The van der Waals surface area contributed by atoms with Gasteiger partial charge < -0.3 is 10.1 Å². The molecule has 1 aromatic carbocycles. The number of carbonyl (C=O) groups is 1. The first kappa shape index (κ1) is 17.0. The summed E-state index contributed by atoms with van der Waals surface area (Å²) in [6, 6.07) is 5.93. The number of aryl methyl sites for hydroxylation is 4. The highest BCUT2D eigenvalue weighted by atomic mass is 16.5. The van der Waals surface area contributed by atoms with Gasteiger partial charge in [-0.05, 0) is 45.7 Å². The smallest absolute Gasteiger partial charge is 0.266 e. The van der Waals surface area contributed by atoms with Crippen LogP contribution in [-0.4, -0.2) is 31.8 Å². The average molecular weight is 341 g/mol. The van der Waals surface area contributed by atoms with E-state index >= 15 is 0 Å². The third-order valence-electron chi connectivity index (χ3n) is 4.27. The van der Waals surface area contributed by atoms with Crippen LogP contribution in [0.1, 0.15) is 35.9 Å². The molecule has 2 heterocycles. The fourth-order valence-electron chi connectivity index (χ4n) is 2.78. The molecule has 2 aromatic heterocycles. The summed E-state index contributed by atoms with van der Waals surface area (Å²) in [5, 5.41) is 14.1. The van der Waals surface area contributed by atoms with Crippen LogP contribution < -0.4 is 10.1 Å². The van der Waals surface area contributed by atoms with E-state index in [2.05, 4.69) is 20.6 Å². The summed E-state index contributed by atoms with van der Waals surface area (Å²) in [4.78, 5) is 12.7. The first-order valence-electron chi connectivity index (χ1n) is 8.35. The first-order valence-corrected chi connectivity index (χ1v) is 8.35. The molecule has 0 fully saturated rings. The number of amides is 1. The normalized spacial score (nSPS) is 12.4. The summed E-state index contributed by atoms with van der Waals surface area (Å²) in [5.74, 6) is 1.88. The van der Waals surface area contributed by atoms with Gasteiger partial charge in [-0.1, -0.05) is 24.6 Å². The lowest BCUT2D eigenvalue weighted by molar-refractivity contribution is -0.122. The summed E-state index contributed by atoms with van der Waals surface area (Å²) in [6.45, 7) is 9.67. The topological polar surface area (TPSA) is 84.3 Å². The second kappa shape index (κ2) is 6.58. The van der Waals surface area contributed by atoms with Crippen LogP contribution in [0.2, 0.25) is 0 Å². The number of aromatic nitrogens is 4. The van der Waals surface area contributed by atoms with Gasteiger partial charge in [-0.3, -0.25) is 9.89 Å². The molecule has 0 aliphatic rings. The van der Waals surface area contributed by atoms with E-state index < -0.39 is 6.10 Å². The number of H-pyrrole nitrogens is 1. The van der Waals surface area contributed by atoms with Gasteiger partial charge in [0.1, 0.15) is 17.4 Å². The van der Waals surface area contributed by atoms with Crippen LogP contribution in [0.15, 0.2) is 18.2 Å². The van der Waals surface area contributed by atoms with Crippen molar-refractivity contribution in [2.45, 2.75) is 47.1 Å². The summed E-state index contributed by atoms with van der Waals surface area (Å²) in [7, 11) is 0. The van der Waals surface area contributed by atoms with Gasteiger partial charge in [-0.2, -0.15) is 0 Å². The number of carbonyl (C=O) groups excluding carboxylic acids is 1. The Labute approximate surface area is 146 Å². The predicted octanol–water partition coefficient (Wildman–Crippen LogP) is 3.09. The molecule has 1 atom stereocenters. The number of fused-ring (bicyclic) bond motifs is 1. The Morgan fingerprint density at radius 3 is 2.68 bits per heavy atom. The van der Waals surface area contributed by atoms with Gasteiger partial charge >= 0.3 is 0 Å². The van der Waals surface area contributed by atoms with E-state index in [1.807, 2.05) is 52.8 Å². The molecule has 1 unspecified atom stereocenters. The van der Waals surface area contributed by atoms with Crippen LogP contribution in [0.4, 0.5) is 5.82 Å². The van der Waals surface area contributed by atoms with E-state index in [-0.39, 0.29) is 5.91 Å².